The molecule has 2 aromatic heterocycles. The maximum atomic E-state index is 12.9. The van der Waals surface area contributed by atoms with Crippen LogP contribution in [0.2, 0.25) is 0 Å². The van der Waals surface area contributed by atoms with Crippen LogP contribution in [0.4, 0.5) is 0 Å². The average molecular weight is 316 g/mol. The third kappa shape index (κ3) is 2.25. The molecule has 3 rings (SSSR count). The minimum Gasteiger partial charge on any atom is -0.361 e. The van der Waals surface area contributed by atoms with Gasteiger partial charge < -0.3 is 4.52 Å². The molecular formula is C16H16N2O3S. The van der Waals surface area contributed by atoms with Gasteiger partial charge in [-0.15, -0.1) is 0 Å². The van der Waals surface area contributed by atoms with Crippen LogP contribution in [0.1, 0.15) is 17.0 Å². The van der Waals surface area contributed by atoms with Crippen molar-refractivity contribution in [1.29, 1.82) is 0 Å². The van der Waals surface area contributed by atoms with Gasteiger partial charge in [0.15, 0.2) is 0 Å². The molecule has 0 saturated carbocycles. The van der Waals surface area contributed by atoms with Gasteiger partial charge in [-0.1, -0.05) is 16.8 Å². The van der Waals surface area contributed by atoms with Crippen molar-refractivity contribution in [3.63, 3.8) is 0 Å². The second-order valence-corrected chi connectivity index (χ2v) is 7.03. The van der Waals surface area contributed by atoms with Crippen LogP contribution in [0.5, 0.6) is 0 Å². The Labute approximate surface area is 129 Å². The van der Waals surface area contributed by atoms with Crippen LogP contribution in [0, 0.1) is 20.8 Å². The van der Waals surface area contributed by atoms with Crippen LogP contribution < -0.4 is 0 Å². The van der Waals surface area contributed by atoms with E-state index in [4.69, 9.17) is 4.52 Å². The molecule has 0 atom stereocenters. The highest BCUT2D eigenvalue weighted by Gasteiger charge is 2.24. The molecule has 6 heteroatoms. The molecule has 0 aliphatic carbocycles. The summed E-state index contributed by atoms with van der Waals surface area (Å²) in [4.78, 5) is 0.240. The predicted molar refractivity (Wildman–Crippen MR) is 83.2 cm³/mol. The van der Waals surface area contributed by atoms with E-state index in [2.05, 4.69) is 5.16 Å². The summed E-state index contributed by atoms with van der Waals surface area (Å²) in [5.74, 6) is 0.604. The van der Waals surface area contributed by atoms with E-state index in [0.29, 0.717) is 17.0 Å². The van der Waals surface area contributed by atoms with Gasteiger partial charge >= 0.3 is 0 Å². The van der Waals surface area contributed by atoms with Crippen molar-refractivity contribution in [2.75, 3.05) is 0 Å². The summed E-state index contributed by atoms with van der Waals surface area (Å²) in [6.45, 7) is 5.51. The van der Waals surface area contributed by atoms with Crippen LogP contribution >= 0.6 is 0 Å². The lowest BCUT2D eigenvalue weighted by Gasteiger charge is -2.12. The molecule has 0 radical (unpaired) electrons. The van der Waals surface area contributed by atoms with E-state index in [-0.39, 0.29) is 4.90 Å². The monoisotopic (exact) mass is 316 g/mol. The molecule has 0 amide bonds. The molecular weight excluding hydrogens is 300 g/mol. The predicted octanol–water partition coefficient (Wildman–Crippen LogP) is 3.31. The quantitative estimate of drug-likeness (QED) is 0.743. The molecule has 0 aliphatic heterocycles. The third-order valence-electron chi connectivity index (χ3n) is 3.57. The normalized spacial score (nSPS) is 11.8. The Balaban J connectivity index is 2.31. The minimum atomic E-state index is -3.66. The summed E-state index contributed by atoms with van der Waals surface area (Å²) >= 11 is 0. The van der Waals surface area contributed by atoms with Gasteiger partial charge in [-0.25, -0.2) is 12.4 Å². The van der Waals surface area contributed by atoms with Crippen LogP contribution in [0.15, 0.2) is 52.1 Å². The zero-order valence-electron chi connectivity index (χ0n) is 12.6. The SMILES string of the molecule is Cc1ccc(S(=O)(=O)n2cccc2)c(-c2c(C)noc2C)c1. The molecule has 1 aromatic carbocycles. The van der Waals surface area contributed by atoms with Crippen LogP contribution in [-0.2, 0) is 10.0 Å². The zero-order valence-corrected chi connectivity index (χ0v) is 13.4. The van der Waals surface area contributed by atoms with Gasteiger partial charge in [0.2, 0.25) is 0 Å². The highest BCUT2D eigenvalue weighted by Crippen LogP contribution is 2.34. The first kappa shape index (κ1) is 14.6. The van der Waals surface area contributed by atoms with Gasteiger partial charge in [-0.2, -0.15) is 0 Å². The van der Waals surface area contributed by atoms with Crippen LogP contribution in [0.3, 0.4) is 0 Å². The van der Waals surface area contributed by atoms with Gasteiger partial charge in [0.25, 0.3) is 10.0 Å². The lowest BCUT2D eigenvalue weighted by atomic mass is 10.0. The highest BCUT2D eigenvalue weighted by molar-refractivity contribution is 7.90. The lowest BCUT2D eigenvalue weighted by Crippen LogP contribution is -2.12. The summed E-state index contributed by atoms with van der Waals surface area (Å²) in [5, 5.41) is 3.93. The van der Waals surface area contributed by atoms with Crippen molar-refractivity contribution in [2.45, 2.75) is 25.7 Å². The Morgan fingerprint density at radius 3 is 2.36 bits per heavy atom. The molecule has 5 nitrogen and oxygen atoms in total. The number of rotatable bonds is 3. The standard InChI is InChI=1S/C16H16N2O3S/c1-11-6-7-15(22(19,20)18-8-4-5-9-18)14(10-11)16-12(2)17-21-13(16)3/h4-10H,1-3H3. The molecule has 2 heterocycles. The molecule has 0 fully saturated rings. The van der Waals surface area contributed by atoms with Gasteiger partial charge in [-0.05, 0) is 45.0 Å². The Morgan fingerprint density at radius 1 is 1.09 bits per heavy atom. The summed E-state index contributed by atoms with van der Waals surface area (Å²) in [6, 6.07) is 8.63. The number of aromatic nitrogens is 2. The smallest absolute Gasteiger partial charge is 0.268 e. The molecule has 3 aromatic rings. The van der Waals surface area contributed by atoms with E-state index in [0.717, 1.165) is 11.1 Å². The summed E-state index contributed by atoms with van der Waals surface area (Å²) < 4.78 is 32.1. The molecule has 0 N–H and O–H groups in total. The van der Waals surface area contributed by atoms with Gasteiger partial charge in [0.05, 0.1) is 10.6 Å². The van der Waals surface area contributed by atoms with E-state index in [1.807, 2.05) is 13.0 Å². The summed E-state index contributed by atoms with van der Waals surface area (Å²) in [6.07, 6.45) is 3.04. The van der Waals surface area contributed by atoms with E-state index < -0.39 is 10.0 Å². The van der Waals surface area contributed by atoms with Gasteiger partial charge in [0, 0.05) is 23.5 Å². The Morgan fingerprint density at radius 2 is 1.77 bits per heavy atom. The number of hydrogen-bond donors (Lipinski definition) is 0. The molecule has 0 spiro atoms. The Kier molecular flexibility index (Phi) is 3.41. The van der Waals surface area contributed by atoms with E-state index >= 15 is 0 Å². The van der Waals surface area contributed by atoms with Crippen molar-refractivity contribution in [3.05, 3.63) is 59.7 Å². The fraction of sp³-hybridized carbons (Fsp3) is 0.188. The first-order chi connectivity index (χ1) is 10.4. The molecule has 0 unspecified atom stereocenters. The lowest BCUT2D eigenvalue weighted by molar-refractivity contribution is 0.393. The Hall–Kier alpha value is -2.34. The number of nitrogens with zero attached hydrogens (tertiary/aromatic N) is 2. The average Bonchev–Trinajstić information content (AvgIpc) is 3.09. The maximum absolute atomic E-state index is 12.9. The second kappa shape index (κ2) is 5.14. The molecule has 0 bridgehead atoms. The van der Waals surface area contributed by atoms with E-state index in [9.17, 15) is 8.42 Å². The fourth-order valence-electron chi connectivity index (χ4n) is 2.52. The van der Waals surface area contributed by atoms with Crippen LogP contribution in [-0.4, -0.2) is 17.5 Å². The number of aryl methyl sites for hydroxylation is 3. The summed E-state index contributed by atoms with van der Waals surface area (Å²) in [7, 11) is -3.66. The van der Waals surface area contributed by atoms with Crippen molar-refractivity contribution in [1.82, 2.24) is 9.13 Å². The number of benzene rings is 1. The van der Waals surface area contributed by atoms with Gasteiger partial charge in [-0.3, -0.25) is 0 Å². The fourth-order valence-corrected chi connectivity index (χ4v) is 3.89. The van der Waals surface area contributed by atoms with Crippen molar-refractivity contribution < 1.29 is 12.9 Å². The molecule has 0 saturated heterocycles. The Bertz CT molecular complexity index is 903. The first-order valence-corrected chi connectivity index (χ1v) is 8.27. The topological polar surface area (TPSA) is 65.1 Å². The van der Waals surface area contributed by atoms with E-state index in [1.165, 1.54) is 16.4 Å². The van der Waals surface area contributed by atoms with Gasteiger partial charge in [0.1, 0.15) is 5.76 Å². The largest absolute Gasteiger partial charge is 0.361 e. The maximum Gasteiger partial charge on any atom is 0.268 e. The van der Waals surface area contributed by atoms with Crippen LogP contribution in [0.25, 0.3) is 11.1 Å². The minimum absolute atomic E-state index is 0.240. The van der Waals surface area contributed by atoms with Crippen molar-refractivity contribution in [3.8, 4) is 11.1 Å². The summed E-state index contributed by atoms with van der Waals surface area (Å²) in [5.41, 5.74) is 2.99. The zero-order chi connectivity index (χ0) is 15.9. The molecule has 22 heavy (non-hydrogen) atoms. The first-order valence-electron chi connectivity index (χ1n) is 6.83. The second-order valence-electron chi connectivity index (χ2n) is 5.22. The molecule has 114 valence electrons. The number of hydrogen-bond acceptors (Lipinski definition) is 4. The molecule has 0 aliphatic rings. The third-order valence-corrected chi connectivity index (χ3v) is 5.28. The van der Waals surface area contributed by atoms with Crippen molar-refractivity contribution in [2.24, 2.45) is 0 Å². The highest BCUT2D eigenvalue weighted by atomic mass is 32.2. The van der Waals surface area contributed by atoms with E-state index in [1.54, 1.807) is 38.1 Å². The van der Waals surface area contributed by atoms with Crippen molar-refractivity contribution >= 4 is 10.0 Å².